The number of benzene rings is 1. The van der Waals surface area contributed by atoms with Gasteiger partial charge in [0, 0.05) is 23.0 Å². The predicted molar refractivity (Wildman–Crippen MR) is 81.1 cm³/mol. The van der Waals surface area contributed by atoms with E-state index in [0.717, 1.165) is 10.6 Å². The molecule has 1 atom stereocenters. The molecule has 1 saturated heterocycles. The molecule has 2 amide bonds. The normalized spacial score (nSPS) is 18.3. The first-order valence-corrected chi connectivity index (χ1v) is 7.90. The topological polar surface area (TPSA) is 63.4 Å². The monoisotopic (exact) mass is 312 g/mol. The first-order valence-electron chi connectivity index (χ1n) is 6.54. The van der Waals surface area contributed by atoms with Crippen LogP contribution in [-0.4, -0.2) is 35.6 Å². The summed E-state index contributed by atoms with van der Waals surface area (Å²) in [4.78, 5) is 26.4. The van der Waals surface area contributed by atoms with Crippen LogP contribution in [0.25, 0.3) is 0 Å². The van der Waals surface area contributed by atoms with Gasteiger partial charge in [-0.2, -0.15) is 0 Å². The molecule has 1 heterocycles. The van der Waals surface area contributed by atoms with Crippen LogP contribution in [0.15, 0.2) is 23.1 Å². The van der Waals surface area contributed by atoms with Crippen molar-refractivity contribution in [2.24, 2.45) is 11.7 Å². The summed E-state index contributed by atoms with van der Waals surface area (Å²) in [6.07, 6.45) is 0.637. The predicted octanol–water partition coefficient (Wildman–Crippen LogP) is 2.40. The lowest BCUT2D eigenvalue weighted by Crippen LogP contribution is -2.32. The van der Waals surface area contributed by atoms with E-state index in [1.165, 1.54) is 0 Å². The van der Waals surface area contributed by atoms with Gasteiger partial charge in [0.15, 0.2) is 0 Å². The summed E-state index contributed by atoms with van der Waals surface area (Å²) in [7, 11) is 0. The number of rotatable bonds is 4. The van der Waals surface area contributed by atoms with E-state index in [-0.39, 0.29) is 17.7 Å². The fourth-order valence-electron chi connectivity index (χ4n) is 2.30. The summed E-state index contributed by atoms with van der Waals surface area (Å²) in [5.74, 6) is 0.230. The van der Waals surface area contributed by atoms with Crippen molar-refractivity contribution in [3.63, 3.8) is 0 Å². The Morgan fingerprint density at radius 3 is 2.85 bits per heavy atom. The molecule has 6 heteroatoms. The van der Waals surface area contributed by atoms with Crippen LogP contribution in [0, 0.1) is 5.92 Å². The zero-order valence-electron chi connectivity index (χ0n) is 11.3. The van der Waals surface area contributed by atoms with Gasteiger partial charge in [0.25, 0.3) is 5.91 Å². The fraction of sp³-hybridized carbons (Fsp3) is 0.429. The molecular formula is C14H17ClN2O2S. The Morgan fingerprint density at radius 2 is 2.25 bits per heavy atom. The number of hydrogen-bond donors (Lipinski definition) is 1. The fourth-order valence-corrected chi connectivity index (χ4v) is 3.25. The minimum Gasteiger partial charge on any atom is -0.369 e. The first-order chi connectivity index (χ1) is 9.52. The standard InChI is InChI=1S/C14H17ClN2O2S/c1-2-20-12-4-3-10(15)7-11(12)14(19)17-6-5-9(8-17)13(16)18/h3-4,7,9H,2,5-6,8H2,1H3,(H2,16,18)/t9-/m0/s1. The first kappa shape index (κ1) is 15.2. The molecule has 1 aliphatic heterocycles. The number of amides is 2. The highest BCUT2D eigenvalue weighted by atomic mass is 35.5. The van der Waals surface area contributed by atoms with Crippen LogP contribution in [0.1, 0.15) is 23.7 Å². The minimum atomic E-state index is -0.338. The molecule has 1 aromatic carbocycles. The second kappa shape index (κ2) is 6.50. The summed E-state index contributed by atoms with van der Waals surface area (Å²) in [5, 5.41) is 0.541. The lowest BCUT2D eigenvalue weighted by molar-refractivity contribution is -0.121. The SMILES string of the molecule is CCSc1ccc(Cl)cc1C(=O)N1CC[C@H](C(N)=O)C1. The van der Waals surface area contributed by atoms with Crippen LogP contribution in [0.4, 0.5) is 0 Å². The zero-order chi connectivity index (χ0) is 14.7. The van der Waals surface area contributed by atoms with Crippen molar-refractivity contribution >= 4 is 35.2 Å². The molecule has 0 radical (unpaired) electrons. The Bertz CT molecular complexity index is 536. The minimum absolute atomic E-state index is 0.0767. The maximum absolute atomic E-state index is 12.6. The van der Waals surface area contributed by atoms with Crippen molar-refractivity contribution in [1.82, 2.24) is 4.90 Å². The zero-order valence-corrected chi connectivity index (χ0v) is 12.8. The van der Waals surface area contributed by atoms with Gasteiger partial charge in [0.05, 0.1) is 11.5 Å². The highest BCUT2D eigenvalue weighted by Crippen LogP contribution is 2.28. The van der Waals surface area contributed by atoms with Crippen LogP contribution in [0.5, 0.6) is 0 Å². The van der Waals surface area contributed by atoms with Crippen molar-refractivity contribution in [1.29, 1.82) is 0 Å². The molecule has 4 nitrogen and oxygen atoms in total. The number of thioether (sulfide) groups is 1. The molecule has 0 saturated carbocycles. The molecule has 20 heavy (non-hydrogen) atoms. The van der Waals surface area contributed by atoms with Gasteiger partial charge in [0.1, 0.15) is 0 Å². The summed E-state index contributed by atoms with van der Waals surface area (Å²) >= 11 is 7.60. The molecule has 2 rings (SSSR count). The molecule has 108 valence electrons. The Kier molecular flexibility index (Phi) is 4.94. The summed E-state index contributed by atoms with van der Waals surface area (Å²) in [6, 6.07) is 5.34. The maximum Gasteiger partial charge on any atom is 0.255 e. The average Bonchev–Trinajstić information content (AvgIpc) is 2.90. The number of likely N-dealkylation sites (tertiary alicyclic amines) is 1. The smallest absolute Gasteiger partial charge is 0.255 e. The van der Waals surface area contributed by atoms with Crippen molar-refractivity contribution in [3.05, 3.63) is 28.8 Å². The van der Waals surface area contributed by atoms with Crippen LogP contribution in [-0.2, 0) is 4.79 Å². The van der Waals surface area contributed by atoms with Crippen LogP contribution < -0.4 is 5.73 Å². The highest BCUT2D eigenvalue weighted by Gasteiger charge is 2.31. The van der Waals surface area contributed by atoms with Gasteiger partial charge in [-0.1, -0.05) is 18.5 Å². The molecule has 1 aliphatic rings. The summed E-state index contributed by atoms with van der Waals surface area (Å²) < 4.78 is 0. The number of nitrogens with zero attached hydrogens (tertiary/aromatic N) is 1. The van der Waals surface area contributed by atoms with Crippen LogP contribution in [0.2, 0.25) is 5.02 Å². The van der Waals surface area contributed by atoms with E-state index in [2.05, 4.69) is 0 Å². The van der Waals surface area contributed by atoms with Crippen LogP contribution in [0.3, 0.4) is 0 Å². The average molecular weight is 313 g/mol. The Balaban J connectivity index is 2.21. The van der Waals surface area contributed by atoms with Gasteiger partial charge < -0.3 is 10.6 Å². The van der Waals surface area contributed by atoms with Gasteiger partial charge in [-0.3, -0.25) is 9.59 Å². The highest BCUT2D eigenvalue weighted by molar-refractivity contribution is 7.99. The van der Waals surface area contributed by atoms with Gasteiger partial charge in [-0.25, -0.2) is 0 Å². The molecule has 0 aromatic heterocycles. The number of carbonyl (C=O) groups is 2. The largest absolute Gasteiger partial charge is 0.369 e. The summed E-state index contributed by atoms with van der Waals surface area (Å²) in [5.41, 5.74) is 5.90. The van der Waals surface area contributed by atoms with Crippen molar-refractivity contribution < 1.29 is 9.59 Å². The van der Waals surface area contributed by atoms with Gasteiger partial charge in [-0.05, 0) is 30.4 Å². The Hall–Kier alpha value is -1.20. The molecule has 0 spiro atoms. The van der Waals surface area contributed by atoms with E-state index in [9.17, 15) is 9.59 Å². The molecule has 0 bridgehead atoms. The molecular weight excluding hydrogens is 296 g/mol. The Labute approximate surface area is 127 Å². The second-order valence-electron chi connectivity index (χ2n) is 4.71. The molecule has 2 N–H and O–H groups in total. The number of halogens is 1. The summed E-state index contributed by atoms with van der Waals surface area (Å²) in [6.45, 7) is 3.00. The Morgan fingerprint density at radius 1 is 1.50 bits per heavy atom. The molecule has 0 aliphatic carbocycles. The van der Waals surface area contributed by atoms with Gasteiger partial charge >= 0.3 is 0 Å². The maximum atomic E-state index is 12.6. The van der Waals surface area contributed by atoms with Gasteiger partial charge in [-0.15, -0.1) is 11.8 Å². The van der Waals surface area contributed by atoms with Crippen LogP contribution >= 0.6 is 23.4 Å². The lowest BCUT2D eigenvalue weighted by atomic mass is 10.1. The van der Waals surface area contributed by atoms with Crippen molar-refractivity contribution in [2.75, 3.05) is 18.8 Å². The van der Waals surface area contributed by atoms with Gasteiger partial charge in [0.2, 0.25) is 5.91 Å². The number of carbonyl (C=O) groups excluding carboxylic acids is 2. The van der Waals surface area contributed by atoms with E-state index >= 15 is 0 Å². The quantitative estimate of drug-likeness (QED) is 0.868. The lowest BCUT2D eigenvalue weighted by Gasteiger charge is -2.18. The third kappa shape index (κ3) is 3.27. The molecule has 1 fully saturated rings. The van der Waals surface area contributed by atoms with Crippen molar-refractivity contribution in [2.45, 2.75) is 18.2 Å². The number of hydrogen-bond acceptors (Lipinski definition) is 3. The van der Waals surface area contributed by atoms with Crippen molar-refractivity contribution in [3.8, 4) is 0 Å². The molecule has 1 aromatic rings. The number of primary amides is 1. The van der Waals surface area contributed by atoms with E-state index in [1.54, 1.807) is 28.8 Å². The van der Waals surface area contributed by atoms with E-state index in [0.29, 0.717) is 30.1 Å². The molecule has 0 unspecified atom stereocenters. The second-order valence-corrected chi connectivity index (χ2v) is 6.45. The number of nitrogens with two attached hydrogens (primary N) is 1. The third-order valence-corrected chi connectivity index (χ3v) is 4.54. The van der Waals surface area contributed by atoms with E-state index in [1.807, 2.05) is 13.0 Å². The van der Waals surface area contributed by atoms with E-state index in [4.69, 9.17) is 17.3 Å². The third-order valence-electron chi connectivity index (χ3n) is 3.35. The van der Waals surface area contributed by atoms with E-state index < -0.39 is 0 Å².